The van der Waals surface area contributed by atoms with Crippen molar-refractivity contribution in [3.05, 3.63) is 0 Å². The summed E-state index contributed by atoms with van der Waals surface area (Å²) in [6.07, 6.45) is 2.71. The molecule has 0 unspecified atom stereocenters. The van der Waals surface area contributed by atoms with Crippen LogP contribution in [0.15, 0.2) is 0 Å². The fraction of sp³-hybridized carbons (Fsp3) is 1.00. The third kappa shape index (κ3) is 11.3. The van der Waals surface area contributed by atoms with Crippen LogP contribution in [0.5, 0.6) is 0 Å². The molecule has 0 heterocycles. The first-order valence-corrected chi connectivity index (χ1v) is 2.77. The van der Waals surface area contributed by atoms with E-state index in [0.717, 1.165) is 5.92 Å². The standard InChI is InChI=1S/C6H14.K.H/c1-4-5-6(2)3;;/h6H,4-5H2,1-3H3;;/q;+1;-1. The van der Waals surface area contributed by atoms with Crippen LogP contribution in [-0.4, -0.2) is 0 Å². The summed E-state index contributed by atoms with van der Waals surface area (Å²) < 4.78 is 0. The molecule has 0 radical (unpaired) electrons. The first kappa shape index (κ1) is 11.4. The summed E-state index contributed by atoms with van der Waals surface area (Å²) in [5.41, 5.74) is 0. The number of hydrogen-bond acceptors (Lipinski definition) is 0. The fourth-order valence-electron chi connectivity index (χ4n) is 0.577. The molecule has 0 aromatic rings. The molecule has 0 aliphatic carbocycles. The molecule has 0 rings (SSSR count). The van der Waals surface area contributed by atoms with E-state index < -0.39 is 0 Å². The van der Waals surface area contributed by atoms with Crippen LogP contribution in [0, 0.1) is 5.92 Å². The van der Waals surface area contributed by atoms with Crippen LogP contribution in [0.25, 0.3) is 0 Å². The van der Waals surface area contributed by atoms with Crippen LogP contribution in [0.4, 0.5) is 0 Å². The zero-order valence-corrected chi connectivity index (χ0v) is 9.11. The molecule has 1 heteroatoms. The SMILES string of the molecule is CCCC(C)C.[H-].[K+]. The van der Waals surface area contributed by atoms with Gasteiger partial charge in [-0.3, -0.25) is 0 Å². The van der Waals surface area contributed by atoms with Crippen LogP contribution >= 0.6 is 0 Å². The van der Waals surface area contributed by atoms with Crippen molar-refractivity contribution < 1.29 is 52.8 Å². The van der Waals surface area contributed by atoms with Gasteiger partial charge in [0.1, 0.15) is 0 Å². The van der Waals surface area contributed by atoms with Crippen molar-refractivity contribution in [2.24, 2.45) is 5.92 Å². The van der Waals surface area contributed by atoms with E-state index in [1.807, 2.05) is 0 Å². The molecule has 0 saturated heterocycles. The molecule has 0 aromatic carbocycles. The minimum absolute atomic E-state index is 0. The zero-order valence-electron chi connectivity index (χ0n) is 6.99. The van der Waals surface area contributed by atoms with Crippen molar-refractivity contribution in [2.75, 3.05) is 0 Å². The summed E-state index contributed by atoms with van der Waals surface area (Å²) in [6, 6.07) is 0. The molecule has 0 saturated carbocycles. The fourth-order valence-corrected chi connectivity index (χ4v) is 0.577. The normalized spacial score (nSPS) is 8.57. The molecule has 0 atom stereocenters. The molecule has 40 valence electrons. The molecular formula is C6H15K. The maximum atomic E-state index is 2.25. The van der Waals surface area contributed by atoms with Gasteiger partial charge in [0, 0.05) is 0 Å². The minimum atomic E-state index is 0. The largest absolute Gasteiger partial charge is 1.00 e. The second-order valence-electron chi connectivity index (χ2n) is 2.18. The zero-order chi connectivity index (χ0) is 4.99. The van der Waals surface area contributed by atoms with E-state index in [2.05, 4.69) is 20.8 Å². The molecule has 0 aliphatic heterocycles. The molecule has 0 spiro atoms. The van der Waals surface area contributed by atoms with E-state index in [4.69, 9.17) is 0 Å². The van der Waals surface area contributed by atoms with Crippen molar-refractivity contribution in [1.82, 2.24) is 0 Å². The third-order valence-electron chi connectivity index (χ3n) is 0.866. The monoisotopic (exact) mass is 126 g/mol. The summed E-state index contributed by atoms with van der Waals surface area (Å²) in [6.45, 7) is 6.73. The Hall–Kier alpha value is 1.64. The predicted molar refractivity (Wildman–Crippen MR) is 30.9 cm³/mol. The quantitative estimate of drug-likeness (QED) is 0.440. The van der Waals surface area contributed by atoms with E-state index in [1.54, 1.807) is 0 Å². The van der Waals surface area contributed by atoms with E-state index in [0.29, 0.717) is 0 Å². The average molecular weight is 126 g/mol. The Morgan fingerprint density at radius 2 is 1.86 bits per heavy atom. The average Bonchev–Trinajstić information content (AvgIpc) is 1.35. The minimum Gasteiger partial charge on any atom is -1.00 e. The summed E-state index contributed by atoms with van der Waals surface area (Å²) in [7, 11) is 0. The smallest absolute Gasteiger partial charge is 1.00 e. The van der Waals surface area contributed by atoms with E-state index in [-0.39, 0.29) is 52.8 Å². The molecule has 0 fully saturated rings. The van der Waals surface area contributed by atoms with Gasteiger partial charge in [-0.2, -0.15) is 0 Å². The van der Waals surface area contributed by atoms with Gasteiger partial charge in [0.15, 0.2) is 0 Å². The Morgan fingerprint density at radius 1 is 1.43 bits per heavy atom. The van der Waals surface area contributed by atoms with Gasteiger partial charge >= 0.3 is 51.4 Å². The van der Waals surface area contributed by atoms with Crippen molar-refractivity contribution in [3.8, 4) is 0 Å². The second-order valence-corrected chi connectivity index (χ2v) is 2.18. The molecule has 0 bridgehead atoms. The van der Waals surface area contributed by atoms with E-state index in [1.165, 1.54) is 12.8 Å². The second kappa shape index (κ2) is 7.64. The van der Waals surface area contributed by atoms with Crippen molar-refractivity contribution in [1.29, 1.82) is 0 Å². The summed E-state index contributed by atoms with van der Waals surface area (Å²) in [5, 5.41) is 0. The van der Waals surface area contributed by atoms with Gasteiger partial charge in [-0.25, -0.2) is 0 Å². The Balaban J connectivity index is -0.000000125. The first-order chi connectivity index (χ1) is 2.77. The summed E-state index contributed by atoms with van der Waals surface area (Å²) in [5.74, 6) is 0.898. The van der Waals surface area contributed by atoms with E-state index >= 15 is 0 Å². The maximum Gasteiger partial charge on any atom is 1.00 e. The molecule has 0 aromatic heterocycles. The third-order valence-corrected chi connectivity index (χ3v) is 0.866. The molecule has 0 amide bonds. The van der Waals surface area contributed by atoms with Gasteiger partial charge in [0.2, 0.25) is 0 Å². The Labute approximate surface area is 91.0 Å². The maximum absolute atomic E-state index is 2.25. The Kier molecular flexibility index (Phi) is 12.5. The van der Waals surface area contributed by atoms with Crippen LogP contribution in [0.1, 0.15) is 35.0 Å². The van der Waals surface area contributed by atoms with Gasteiger partial charge in [-0.15, -0.1) is 0 Å². The van der Waals surface area contributed by atoms with Gasteiger partial charge in [-0.1, -0.05) is 33.6 Å². The first-order valence-electron chi connectivity index (χ1n) is 2.77. The van der Waals surface area contributed by atoms with Crippen molar-refractivity contribution in [2.45, 2.75) is 33.6 Å². The van der Waals surface area contributed by atoms with Crippen LogP contribution in [-0.2, 0) is 0 Å². The molecular weight excluding hydrogens is 111 g/mol. The molecule has 0 N–H and O–H groups in total. The Bertz CT molecular complexity index is 29.7. The van der Waals surface area contributed by atoms with Crippen LogP contribution in [0.2, 0.25) is 0 Å². The molecule has 0 nitrogen and oxygen atoms in total. The Morgan fingerprint density at radius 3 is 1.86 bits per heavy atom. The number of hydrogen-bond donors (Lipinski definition) is 0. The van der Waals surface area contributed by atoms with Crippen molar-refractivity contribution >= 4 is 0 Å². The predicted octanol–water partition coefficient (Wildman–Crippen LogP) is -0.441. The van der Waals surface area contributed by atoms with Gasteiger partial charge < -0.3 is 1.43 Å². The number of rotatable bonds is 2. The van der Waals surface area contributed by atoms with E-state index in [9.17, 15) is 0 Å². The summed E-state index contributed by atoms with van der Waals surface area (Å²) in [4.78, 5) is 0. The van der Waals surface area contributed by atoms with Crippen molar-refractivity contribution in [3.63, 3.8) is 0 Å². The molecule has 7 heavy (non-hydrogen) atoms. The van der Waals surface area contributed by atoms with Gasteiger partial charge in [0.05, 0.1) is 0 Å². The van der Waals surface area contributed by atoms with Crippen LogP contribution in [0.3, 0.4) is 0 Å². The van der Waals surface area contributed by atoms with Gasteiger partial charge in [0.25, 0.3) is 0 Å². The summed E-state index contributed by atoms with van der Waals surface area (Å²) >= 11 is 0. The van der Waals surface area contributed by atoms with Gasteiger partial charge in [-0.05, 0) is 5.92 Å². The topological polar surface area (TPSA) is 0 Å². The van der Waals surface area contributed by atoms with Crippen LogP contribution < -0.4 is 51.4 Å². The molecule has 0 aliphatic rings.